The minimum absolute atomic E-state index is 0.196. The Morgan fingerprint density at radius 1 is 1.23 bits per heavy atom. The van der Waals surface area contributed by atoms with Crippen LogP contribution in [-0.4, -0.2) is 42.0 Å². The zero-order valence-corrected chi connectivity index (χ0v) is 15.5. The van der Waals surface area contributed by atoms with Crippen LogP contribution in [0.1, 0.15) is 14.5 Å². The number of Topliss-reactive ketones (excluding diaryl/α,β-unsaturated/α-hetero) is 1. The molecule has 0 radical (unpaired) electrons. The first-order valence-electron chi connectivity index (χ1n) is 7.72. The summed E-state index contributed by atoms with van der Waals surface area (Å²) in [7, 11) is -3.23. The molecule has 2 aromatic heterocycles. The van der Waals surface area contributed by atoms with Crippen molar-refractivity contribution in [2.45, 2.75) is 13.0 Å². The highest BCUT2D eigenvalue weighted by Gasteiger charge is 2.13. The lowest BCUT2D eigenvalue weighted by atomic mass is 10.2. The van der Waals surface area contributed by atoms with Crippen molar-refractivity contribution in [2.75, 3.05) is 12.8 Å². The van der Waals surface area contributed by atoms with Gasteiger partial charge in [0.05, 0.1) is 16.5 Å². The van der Waals surface area contributed by atoms with Gasteiger partial charge in [-0.15, -0.1) is 16.4 Å². The number of benzene rings is 1. The molecule has 0 aliphatic rings. The molecule has 0 saturated heterocycles. The standard InChI is InChI=1S/C16H16N4O4S2/c1-26(23,24)17-9-8-11-6-7-15(25-11)14(21)10-20-16(22)12-4-2-3-5-13(12)18-19-20/h2-7,17H,8-10H2,1H3. The molecule has 3 rings (SSSR count). The summed E-state index contributed by atoms with van der Waals surface area (Å²) in [5, 5.41) is 8.18. The SMILES string of the molecule is CS(=O)(=O)NCCc1ccc(C(=O)Cn2nnc3ccccc3c2=O)s1. The molecule has 1 N–H and O–H groups in total. The van der Waals surface area contributed by atoms with Crippen LogP contribution in [0.25, 0.3) is 10.9 Å². The number of hydrogen-bond acceptors (Lipinski definition) is 7. The number of nitrogens with zero attached hydrogens (tertiary/aromatic N) is 3. The minimum Gasteiger partial charge on any atom is -0.291 e. The van der Waals surface area contributed by atoms with E-state index in [2.05, 4.69) is 15.0 Å². The second-order valence-corrected chi connectivity index (χ2v) is 8.68. The van der Waals surface area contributed by atoms with Crippen LogP contribution in [0.2, 0.25) is 0 Å². The van der Waals surface area contributed by atoms with Gasteiger partial charge in [0.25, 0.3) is 5.56 Å². The molecule has 0 aliphatic carbocycles. The van der Waals surface area contributed by atoms with Crippen LogP contribution < -0.4 is 10.3 Å². The summed E-state index contributed by atoms with van der Waals surface area (Å²) in [6, 6.07) is 10.3. The summed E-state index contributed by atoms with van der Waals surface area (Å²) >= 11 is 1.27. The number of rotatable bonds is 7. The predicted octanol–water partition coefficient (Wildman–Crippen LogP) is 0.828. The van der Waals surface area contributed by atoms with E-state index >= 15 is 0 Å². The topological polar surface area (TPSA) is 111 Å². The van der Waals surface area contributed by atoms with Crippen LogP contribution in [0, 0.1) is 0 Å². The highest BCUT2D eigenvalue weighted by atomic mass is 32.2. The molecule has 2 heterocycles. The summed E-state index contributed by atoms with van der Waals surface area (Å²) in [5.41, 5.74) is 0.121. The molecule has 8 nitrogen and oxygen atoms in total. The lowest BCUT2D eigenvalue weighted by molar-refractivity contribution is 0.0968. The molecule has 0 saturated carbocycles. The molecular weight excluding hydrogens is 376 g/mol. The molecule has 0 aliphatic heterocycles. The van der Waals surface area contributed by atoms with Gasteiger partial charge in [0.2, 0.25) is 10.0 Å². The van der Waals surface area contributed by atoms with E-state index < -0.39 is 10.0 Å². The molecule has 0 spiro atoms. The third kappa shape index (κ3) is 4.40. The molecule has 0 atom stereocenters. The second kappa shape index (κ2) is 7.44. The Balaban J connectivity index is 1.71. The van der Waals surface area contributed by atoms with Gasteiger partial charge in [-0.1, -0.05) is 17.3 Å². The van der Waals surface area contributed by atoms with E-state index in [1.54, 1.807) is 36.4 Å². The normalized spacial score (nSPS) is 11.7. The van der Waals surface area contributed by atoms with Crippen LogP contribution in [0.4, 0.5) is 0 Å². The summed E-state index contributed by atoms with van der Waals surface area (Å²) in [6.45, 7) is 0.0702. The number of thiophene rings is 1. The van der Waals surface area contributed by atoms with E-state index in [4.69, 9.17) is 0 Å². The number of carbonyl (C=O) groups excluding carboxylic acids is 1. The quantitative estimate of drug-likeness (QED) is 0.596. The van der Waals surface area contributed by atoms with E-state index in [1.807, 2.05) is 0 Å². The maximum Gasteiger partial charge on any atom is 0.278 e. The van der Waals surface area contributed by atoms with Gasteiger partial charge in [-0.2, -0.15) is 0 Å². The van der Waals surface area contributed by atoms with Crippen molar-refractivity contribution in [1.82, 2.24) is 19.7 Å². The van der Waals surface area contributed by atoms with Crippen LogP contribution >= 0.6 is 11.3 Å². The third-order valence-corrected chi connectivity index (χ3v) is 5.51. The van der Waals surface area contributed by atoms with Gasteiger partial charge in [-0.3, -0.25) is 9.59 Å². The second-order valence-electron chi connectivity index (χ2n) is 5.68. The van der Waals surface area contributed by atoms with Crippen LogP contribution in [-0.2, 0) is 23.0 Å². The minimum atomic E-state index is -3.23. The molecule has 3 aromatic rings. The fourth-order valence-electron chi connectivity index (χ4n) is 2.36. The highest BCUT2D eigenvalue weighted by Crippen LogP contribution is 2.18. The molecular formula is C16H16N4O4S2. The van der Waals surface area contributed by atoms with Crippen molar-refractivity contribution in [3.05, 3.63) is 56.5 Å². The summed E-state index contributed by atoms with van der Waals surface area (Å²) in [4.78, 5) is 26.2. The van der Waals surface area contributed by atoms with Crippen molar-refractivity contribution >= 4 is 38.0 Å². The van der Waals surface area contributed by atoms with Gasteiger partial charge in [0, 0.05) is 11.4 Å². The Kier molecular flexibility index (Phi) is 5.25. The van der Waals surface area contributed by atoms with Crippen LogP contribution in [0.3, 0.4) is 0 Å². The Morgan fingerprint density at radius 2 is 2.00 bits per heavy atom. The lowest BCUT2D eigenvalue weighted by Crippen LogP contribution is -2.27. The summed E-state index contributed by atoms with van der Waals surface area (Å²) in [6.07, 6.45) is 1.58. The first kappa shape index (κ1) is 18.4. The number of sulfonamides is 1. The number of ketones is 1. The van der Waals surface area contributed by atoms with E-state index in [1.165, 1.54) is 11.3 Å². The Morgan fingerprint density at radius 3 is 2.77 bits per heavy atom. The fraction of sp³-hybridized carbons (Fsp3) is 0.250. The smallest absolute Gasteiger partial charge is 0.278 e. The molecule has 26 heavy (non-hydrogen) atoms. The van der Waals surface area contributed by atoms with E-state index in [-0.39, 0.29) is 24.4 Å². The number of carbonyl (C=O) groups is 1. The lowest BCUT2D eigenvalue weighted by Gasteiger charge is -2.03. The van der Waals surface area contributed by atoms with Gasteiger partial charge in [-0.05, 0) is 30.7 Å². The van der Waals surface area contributed by atoms with Gasteiger partial charge in [0.1, 0.15) is 12.1 Å². The third-order valence-electron chi connectivity index (χ3n) is 3.59. The Hall–Kier alpha value is -2.43. The number of hydrogen-bond donors (Lipinski definition) is 1. The molecule has 10 heteroatoms. The Bertz CT molecular complexity index is 1120. The van der Waals surface area contributed by atoms with Crippen molar-refractivity contribution in [2.24, 2.45) is 0 Å². The molecule has 0 bridgehead atoms. The number of aromatic nitrogens is 3. The van der Waals surface area contributed by atoms with Crippen molar-refractivity contribution in [3.63, 3.8) is 0 Å². The van der Waals surface area contributed by atoms with Gasteiger partial charge in [0.15, 0.2) is 5.78 Å². The number of fused-ring (bicyclic) bond motifs is 1. The predicted molar refractivity (Wildman–Crippen MR) is 99.0 cm³/mol. The zero-order chi connectivity index (χ0) is 18.7. The monoisotopic (exact) mass is 392 g/mol. The molecule has 0 unspecified atom stereocenters. The Labute approximate surface area is 153 Å². The molecule has 136 valence electrons. The van der Waals surface area contributed by atoms with Gasteiger partial charge >= 0.3 is 0 Å². The fourth-order valence-corrected chi connectivity index (χ4v) is 3.77. The van der Waals surface area contributed by atoms with E-state index in [9.17, 15) is 18.0 Å². The molecule has 0 amide bonds. The number of nitrogens with one attached hydrogen (secondary N) is 1. The van der Waals surface area contributed by atoms with E-state index in [0.717, 1.165) is 15.8 Å². The maximum absolute atomic E-state index is 12.4. The van der Waals surface area contributed by atoms with E-state index in [0.29, 0.717) is 22.2 Å². The largest absolute Gasteiger partial charge is 0.291 e. The molecule has 0 fully saturated rings. The molecule has 1 aromatic carbocycles. The van der Waals surface area contributed by atoms with Crippen LogP contribution in [0.15, 0.2) is 41.2 Å². The van der Waals surface area contributed by atoms with Crippen molar-refractivity contribution in [3.8, 4) is 0 Å². The maximum atomic E-state index is 12.4. The average molecular weight is 392 g/mol. The van der Waals surface area contributed by atoms with Gasteiger partial charge in [-0.25, -0.2) is 17.8 Å². The first-order chi connectivity index (χ1) is 12.3. The van der Waals surface area contributed by atoms with Crippen molar-refractivity contribution in [1.29, 1.82) is 0 Å². The first-order valence-corrected chi connectivity index (χ1v) is 10.4. The average Bonchev–Trinajstić information content (AvgIpc) is 3.05. The summed E-state index contributed by atoms with van der Waals surface area (Å²) in [5.74, 6) is -0.246. The van der Waals surface area contributed by atoms with Gasteiger partial charge < -0.3 is 0 Å². The van der Waals surface area contributed by atoms with Crippen LogP contribution in [0.5, 0.6) is 0 Å². The highest BCUT2D eigenvalue weighted by molar-refractivity contribution is 7.88. The van der Waals surface area contributed by atoms with Crippen molar-refractivity contribution < 1.29 is 13.2 Å². The zero-order valence-electron chi connectivity index (χ0n) is 13.9. The summed E-state index contributed by atoms with van der Waals surface area (Å²) < 4.78 is 25.6.